The van der Waals surface area contributed by atoms with Crippen LogP contribution in [0.15, 0.2) is 51.7 Å². The Morgan fingerprint density at radius 2 is 1.90 bits per heavy atom. The molecule has 3 aromatic rings. The van der Waals surface area contributed by atoms with Crippen molar-refractivity contribution in [2.75, 3.05) is 20.3 Å². The molecule has 1 unspecified atom stereocenters. The van der Waals surface area contributed by atoms with Crippen LogP contribution in [-0.4, -0.2) is 31.1 Å². The highest BCUT2D eigenvalue weighted by atomic mass is 19.1. The monoisotopic (exact) mass is 395 g/mol. The van der Waals surface area contributed by atoms with E-state index in [0.29, 0.717) is 19.6 Å². The lowest BCUT2D eigenvalue weighted by Gasteiger charge is -2.25. The topological polar surface area (TPSA) is 59.8 Å². The number of carbonyl (C=O) groups excluding carboxylic acids is 1. The lowest BCUT2D eigenvalue weighted by atomic mass is 9.97. The van der Waals surface area contributed by atoms with Gasteiger partial charge in [0, 0.05) is 20.3 Å². The molecule has 5 nitrogen and oxygen atoms in total. The molecule has 0 saturated heterocycles. The van der Waals surface area contributed by atoms with Gasteiger partial charge in [0.05, 0.1) is 17.0 Å². The van der Waals surface area contributed by atoms with Gasteiger partial charge in [0.2, 0.25) is 5.76 Å². The molecule has 1 atom stereocenters. The number of rotatable bonds is 6. The van der Waals surface area contributed by atoms with Crippen LogP contribution in [0.2, 0.25) is 0 Å². The fourth-order valence-electron chi connectivity index (χ4n) is 3.88. The van der Waals surface area contributed by atoms with Crippen LogP contribution in [0.3, 0.4) is 0 Å². The van der Waals surface area contributed by atoms with Crippen LogP contribution >= 0.6 is 0 Å². The number of aryl methyl sites for hydroxylation is 1. The van der Waals surface area contributed by atoms with Gasteiger partial charge in [-0.25, -0.2) is 4.39 Å². The van der Waals surface area contributed by atoms with E-state index in [-0.39, 0.29) is 33.6 Å². The van der Waals surface area contributed by atoms with Crippen LogP contribution in [0, 0.1) is 5.82 Å². The Morgan fingerprint density at radius 3 is 2.59 bits per heavy atom. The van der Waals surface area contributed by atoms with Crippen molar-refractivity contribution in [3.8, 4) is 0 Å². The van der Waals surface area contributed by atoms with Gasteiger partial charge in [-0.3, -0.25) is 9.59 Å². The van der Waals surface area contributed by atoms with Crippen LogP contribution in [0.25, 0.3) is 11.0 Å². The number of halogens is 1. The second-order valence-corrected chi connectivity index (χ2v) is 7.16. The van der Waals surface area contributed by atoms with E-state index in [2.05, 4.69) is 6.92 Å². The van der Waals surface area contributed by atoms with E-state index in [1.165, 1.54) is 12.1 Å². The highest BCUT2D eigenvalue weighted by Gasteiger charge is 2.42. The van der Waals surface area contributed by atoms with Crippen molar-refractivity contribution in [3.63, 3.8) is 0 Å². The minimum Gasteiger partial charge on any atom is -0.450 e. The number of hydrogen-bond acceptors (Lipinski definition) is 4. The molecule has 150 valence electrons. The van der Waals surface area contributed by atoms with Gasteiger partial charge in [0.15, 0.2) is 5.43 Å². The molecule has 6 heteroatoms. The Hall–Kier alpha value is -2.99. The summed E-state index contributed by atoms with van der Waals surface area (Å²) in [5, 5.41) is 0.144. The van der Waals surface area contributed by atoms with Crippen LogP contribution in [0.5, 0.6) is 0 Å². The number of nitrogens with zero attached hydrogens (tertiary/aromatic N) is 1. The summed E-state index contributed by atoms with van der Waals surface area (Å²) < 4.78 is 24.7. The van der Waals surface area contributed by atoms with Crippen LogP contribution < -0.4 is 5.43 Å². The van der Waals surface area contributed by atoms with Crippen LogP contribution in [0.1, 0.15) is 46.6 Å². The zero-order chi connectivity index (χ0) is 20.5. The van der Waals surface area contributed by atoms with Crippen molar-refractivity contribution < 1.29 is 18.3 Å². The van der Waals surface area contributed by atoms with Crippen LogP contribution in [0.4, 0.5) is 4.39 Å². The molecule has 0 radical (unpaired) electrons. The average Bonchev–Trinajstić information content (AvgIpc) is 3.01. The molecule has 0 N–H and O–H groups in total. The van der Waals surface area contributed by atoms with Crippen molar-refractivity contribution in [1.29, 1.82) is 0 Å². The van der Waals surface area contributed by atoms with Gasteiger partial charge in [-0.2, -0.15) is 0 Å². The maximum Gasteiger partial charge on any atom is 0.290 e. The first-order valence-corrected chi connectivity index (χ1v) is 9.70. The molecule has 0 aliphatic carbocycles. The third-order valence-corrected chi connectivity index (χ3v) is 5.38. The molecule has 1 aliphatic rings. The van der Waals surface area contributed by atoms with E-state index in [4.69, 9.17) is 9.15 Å². The quantitative estimate of drug-likeness (QED) is 0.590. The smallest absolute Gasteiger partial charge is 0.290 e. The third kappa shape index (κ3) is 3.34. The number of benzene rings is 2. The number of methoxy groups -OCH3 is 1. The van der Waals surface area contributed by atoms with Crippen molar-refractivity contribution in [1.82, 2.24) is 4.90 Å². The molecule has 29 heavy (non-hydrogen) atoms. The van der Waals surface area contributed by atoms with Gasteiger partial charge in [-0.05, 0) is 42.2 Å². The van der Waals surface area contributed by atoms with Gasteiger partial charge >= 0.3 is 0 Å². The second kappa shape index (κ2) is 7.79. The molecule has 2 heterocycles. The van der Waals surface area contributed by atoms with E-state index in [1.54, 1.807) is 12.0 Å². The van der Waals surface area contributed by atoms with E-state index in [9.17, 15) is 14.0 Å². The summed E-state index contributed by atoms with van der Waals surface area (Å²) in [5.74, 6) is -0.810. The fourth-order valence-corrected chi connectivity index (χ4v) is 3.88. The minimum absolute atomic E-state index is 0.0380. The summed E-state index contributed by atoms with van der Waals surface area (Å²) in [6.07, 6.45) is 1.52. The Bertz CT molecular complexity index is 1120. The normalized spacial score (nSPS) is 15.9. The Morgan fingerprint density at radius 1 is 1.14 bits per heavy atom. The first kappa shape index (κ1) is 19.3. The number of fused-ring (bicyclic) bond motifs is 2. The number of ether oxygens (including phenoxy) is 1. The summed E-state index contributed by atoms with van der Waals surface area (Å²) in [5.41, 5.74) is 2.11. The maximum absolute atomic E-state index is 13.8. The van der Waals surface area contributed by atoms with Gasteiger partial charge in [-0.1, -0.05) is 31.2 Å². The molecule has 0 spiro atoms. The molecule has 0 saturated carbocycles. The Kier molecular flexibility index (Phi) is 5.20. The van der Waals surface area contributed by atoms with Gasteiger partial charge in [0.25, 0.3) is 5.91 Å². The molecule has 1 amide bonds. The molecule has 4 rings (SSSR count). The number of carbonyl (C=O) groups is 1. The molecule has 1 aromatic heterocycles. The molecular formula is C23H22FNO4. The SMILES string of the molecule is CCc1ccc(C2c3c(oc4ccc(F)cc4c3=O)C(=O)N2CCCOC)cc1. The van der Waals surface area contributed by atoms with Crippen molar-refractivity contribution >= 4 is 16.9 Å². The summed E-state index contributed by atoms with van der Waals surface area (Å²) in [4.78, 5) is 28.1. The van der Waals surface area contributed by atoms with Crippen LogP contribution in [-0.2, 0) is 11.2 Å². The van der Waals surface area contributed by atoms with Gasteiger partial charge in [0.1, 0.15) is 11.4 Å². The molecule has 1 aliphatic heterocycles. The molecule has 0 fully saturated rings. The first-order chi connectivity index (χ1) is 14.0. The lowest BCUT2D eigenvalue weighted by molar-refractivity contribution is 0.0708. The van der Waals surface area contributed by atoms with Gasteiger partial charge < -0.3 is 14.1 Å². The van der Waals surface area contributed by atoms with E-state index in [0.717, 1.165) is 23.6 Å². The summed E-state index contributed by atoms with van der Waals surface area (Å²) in [6, 6.07) is 11.1. The number of hydrogen-bond donors (Lipinski definition) is 0. The number of amides is 1. The van der Waals surface area contributed by atoms with E-state index < -0.39 is 11.9 Å². The van der Waals surface area contributed by atoms with E-state index >= 15 is 0 Å². The van der Waals surface area contributed by atoms with Crippen molar-refractivity contribution in [2.45, 2.75) is 25.8 Å². The molecule has 0 bridgehead atoms. The Balaban J connectivity index is 1.90. The fraction of sp³-hybridized carbons (Fsp3) is 0.304. The molecule has 2 aromatic carbocycles. The predicted molar refractivity (Wildman–Crippen MR) is 108 cm³/mol. The van der Waals surface area contributed by atoms with Crippen molar-refractivity contribution in [3.05, 3.63) is 81.0 Å². The molecular weight excluding hydrogens is 373 g/mol. The summed E-state index contributed by atoms with van der Waals surface area (Å²) in [7, 11) is 1.61. The standard InChI is InChI=1S/C23H22FNO4/c1-3-14-5-7-15(8-6-14)20-19-21(26)17-13-16(24)9-10-18(17)29-22(19)23(27)25(20)11-4-12-28-2/h5-10,13,20H,3-4,11-12H2,1-2H3. The lowest BCUT2D eigenvalue weighted by Crippen LogP contribution is -2.31. The maximum atomic E-state index is 13.8. The first-order valence-electron chi connectivity index (χ1n) is 9.70. The van der Waals surface area contributed by atoms with Gasteiger partial charge in [-0.15, -0.1) is 0 Å². The Labute approximate surface area is 167 Å². The third-order valence-electron chi connectivity index (χ3n) is 5.38. The predicted octanol–water partition coefficient (Wildman–Crippen LogP) is 4.08. The summed E-state index contributed by atoms with van der Waals surface area (Å²) >= 11 is 0. The van der Waals surface area contributed by atoms with Crippen molar-refractivity contribution in [2.24, 2.45) is 0 Å². The summed E-state index contributed by atoms with van der Waals surface area (Å²) in [6.45, 7) is 2.98. The highest BCUT2D eigenvalue weighted by molar-refractivity contribution is 5.99. The van der Waals surface area contributed by atoms with E-state index in [1.807, 2.05) is 24.3 Å². The second-order valence-electron chi connectivity index (χ2n) is 7.16. The zero-order valence-electron chi connectivity index (χ0n) is 16.4. The average molecular weight is 395 g/mol. The zero-order valence-corrected chi connectivity index (χ0v) is 16.4. The highest BCUT2D eigenvalue weighted by Crippen LogP contribution is 2.38. The largest absolute Gasteiger partial charge is 0.450 e. The minimum atomic E-state index is -0.566.